The molecule has 2 heterocycles. The highest BCUT2D eigenvalue weighted by Crippen LogP contribution is 2.29. The molecule has 7 heteroatoms. The summed E-state index contributed by atoms with van der Waals surface area (Å²) in [5.41, 5.74) is 5.63. The molecule has 0 unspecified atom stereocenters. The van der Waals surface area contributed by atoms with E-state index < -0.39 is 0 Å². The lowest BCUT2D eigenvalue weighted by Gasteiger charge is -2.08. The summed E-state index contributed by atoms with van der Waals surface area (Å²) < 4.78 is 3.79. The van der Waals surface area contributed by atoms with Crippen LogP contribution in [-0.2, 0) is 19.4 Å². The topological polar surface area (TPSA) is 68.0 Å². The lowest BCUT2D eigenvalue weighted by atomic mass is 10.2. The van der Waals surface area contributed by atoms with Gasteiger partial charge in [-0.2, -0.15) is 10.2 Å². The maximum absolute atomic E-state index is 12.9. The van der Waals surface area contributed by atoms with Crippen molar-refractivity contribution in [3.8, 4) is 5.69 Å². The minimum atomic E-state index is -0.169. The Morgan fingerprint density at radius 3 is 2.86 bits per heavy atom. The zero-order valence-electron chi connectivity index (χ0n) is 16.6. The maximum atomic E-state index is 12.9. The van der Waals surface area contributed by atoms with Crippen LogP contribution in [0, 0.1) is 6.92 Å². The number of nitrogens with one attached hydrogen (secondary N) is 1. The van der Waals surface area contributed by atoms with Gasteiger partial charge in [0.2, 0.25) is 0 Å². The third kappa shape index (κ3) is 3.57. The van der Waals surface area contributed by atoms with Gasteiger partial charge in [-0.1, -0.05) is 18.2 Å². The SMILES string of the molecule is Cc1ccccc1-n1nc(C(=O)Nc2cnn(CCN(C)C)c2)c2c1CCC2. The van der Waals surface area contributed by atoms with Gasteiger partial charge in [-0.25, -0.2) is 4.68 Å². The van der Waals surface area contributed by atoms with Gasteiger partial charge in [-0.05, 0) is 51.9 Å². The van der Waals surface area contributed by atoms with Crippen molar-refractivity contribution in [2.75, 3.05) is 26.0 Å². The van der Waals surface area contributed by atoms with Gasteiger partial charge in [0.1, 0.15) is 0 Å². The molecule has 1 aliphatic carbocycles. The summed E-state index contributed by atoms with van der Waals surface area (Å²) in [6, 6.07) is 8.15. The molecule has 0 spiro atoms. The smallest absolute Gasteiger partial charge is 0.276 e. The summed E-state index contributed by atoms with van der Waals surface area (Å²) in [5, 5.41) is 12.0. The summed E-state index contributed by atoms with van der Waals surface area (Å²) in [6.07, 6.45) is 6.45. The van der Waals surface area contributed by atoms with E-state index in [1.807, 2.05) is 41.8 Å². The van der Waals surface area contributed by atoms with Crippen LogP contribution in [0.25, 0.3) is 5.69 Å². The first-order chi connectivity index (χ1) is 13.5. The van der Waals surface area contributed by atoms with E-state index in [0.717, 1.165) is 54.9 Å². The molecule has 3 aromatic rings. The van der Waals surface area contributed by atoms with Crippen LogP contribution in [0.1, 0.15) is 33.7 Å². The standard InChI is InChI=1S/C21H26N6O/c1-15-7-4-5-9-18(15)27-19-10-6-8-17(19)20(24-27)21(28)23-16-13-22-26(14-16)12-11-25(2)3/h4-5,7,9,13-14H,6,8,10-12H2,1-3H3,(H,23,28). The zero-order valence-corrected chi connectivity index (χ0v) is 16.6. The number of rotatable bonds is 6. The van der Waals surface area contributed by atoms with E-state index >= 15 is 0 Å². The van der Waals surface area contributed by atoms with Crippen LogP contribution in [0.3, 0.4) is 0 Å². The van der Waals surface area contributed by atoms with Crippen LogP contribution in [0.5, 0.6) is 0 Å². The molecule has 0 aliphatic heterocycles. The van der Waals surface area contributed by atoms with Crippen LogP contribution >= 0.6 is 0 Å². The average Bonchev–Trinajstić information content (AvgIpc) is 3.37. The van der Waals surface area contributed by atoms with Gasteiger partial charge in [0.05, 0.1) is 24.1 Å². The van der Waals surface area contributed by atoms with Crippen molar-refractivity contribution in [3.05, 3.63) is 59.2 Å². The second kappa shape index (κ2) is 7.59. The van der Waals surface area contributed by atoms with Crippen molar-refractivity contribution in [3.63, 3.8) is 0 Å². The average molecular weight is 378 g/mol. The molecule has 1 aromatic carbocycles. The van der Waals surface area contributed by atoms with E-state index in [-0.39, 0.29) is 5.91 Å². The van der Waals surface area contributed by atoms with Crippen LogP contribution in [0.15, 0.2) is 36.7 Å². The first-order valence-electron chi connectivity index (χ1n) is 9.68. The number of hydrogen-bond acceptors (Lipinski definition) is 4. The summed E-state index contributed by atoms with van der Waals surface area (Å²) in [5.74, 6) is -0.169. The highest BCUT2D eigenvalue weighted by Gasteiger charge is 2.27. The van der Waals surface area contributed by atoms with Gasteiger partial charge in [-0.3, -0.25) is 9.48 Å². The monoisotopic (exact) mass is 378 g/mol. The molecule has 0 saturated heterocycles. The lowest BCUT2D eigenvalue weighted by molar-refractivity contribution is 0.102. The predicted octanol–water partition coefficient (Wildman–Crippen LogP) is 2.68. The summed E-state index contributed by atoms with van der Waals surface area (Å²) in [6.45, 7) is 3.74. The summed E-state index contributed by atoms with van der Waals surface area (Å²) >= 11 is 0. The van der Waals surface area contributed by atoms with Crippen molar-refractivity contribution in [1.29, 1.82) is 0 Å². The molecule has 0 atom stereocenters. The Morgan fingerprint density at radius 2 is 2.07 bits per heavy atom. The first-order valence-corrected chi connectivity index (χ1v) is 9.68. The zero-order chi connectivity index (χ0) is 19.7. The fraction of sp³-hybridized carbons (Fsp3) is 0.381. The third-order valence-corrected chi connectivity index (χ3v) is 5.16. The summed E-state index contributed by atoms with van der Waals surface area (Å²) in [7, 11) is 4.05. The molecule has 2 aromatic heterocycles. The Kier molecular flexibility index (Phi) is 5.00. The van der Waals surface area contributed by atoms with Gasteiger partial charge in [0.15, 0.2) is 5.69 Å². The molecule has 1 amide bonds. The van der Waals surface area contributed by atoms with Gasteiger partial charge in [-0.15, -0.1) is 0 Å². The van der Waals surface area contributed by atoms with E-state index in [2.05, 4.69) is 34.4 Å². The van der Waals surface area contributed by atoms with Gasteiger partial charge >= 0.3 is 0 Å². The molecule has 0 radical (unpaired) electrons. The van der Waals surface area contributed by atoms with E-state index in [0.29, 0.717) is 11.4 Å². The number of carbonyl (C=O) groups is 1. The van der Waals surface area contributed by atoms with Gasteiger partial charge in [0.25, 0.3) is 5.91 Å². The number of aromatic nitrogens is 4. The van der Waals surface area contributed by atoms with E-state index in [4.69, 9.17) is 5.10 Å². The van der Waals surface area contributed by atoms with Crippen molar-refractivity contribution in [1.82, 2.24) is 24.5 Å². The minimum absolute atomic E-state index is 0.169. The minimum Gasteiger partial charge on any atom is -0.318 e. The van der Waals surface area contributed by atoms with E-state index in [9.17, 15) is 4.79 Å². The van der Waals surface area contributed by atoms with Gasteiger partial charge < -0.3 is 10.2 Å². The number of hydrogen-bond donors (Lipinski definition) is 1. The summed E-state index contributed by atoms with van der Waals surface area (Å²) in [4.78, 5) is 15.0. The molecule has 1 aliphatic rings. The molecule has 28 heavy (non-hydrogen) atoms. The number of aryl methyl sites for hydroxylation is 1. The van der Waals surface area contributed by atoms with Crippen molar-refractivity contribution in [2.45, 2.75) is 32.7 Å². The normalized spacial score (nSPS) is 13.1. The van der Waals surface area contributed by atoms with Crippen molar-refractivity contribution < 1.29 is 4.79 Å². The fourth-order valence-electron chi connectivity index (χ4n) is 3.66. The number of carbonyl (C=O) groups excluding carboxylic acids is 1. The molecule has 4 rings (SSSR count). The molecular weight excluding hydrogens is 352 g/mol. The third-order valence-electron chi connectivity index (χ3n) is 5.16. The van der Waals surface area contributed by atoms with E-state index in [1.165, 1.54) is 0 Å². The van der Waals surface area contributed by atoms with Crippen molar-refractivity contribution in [2.24, 2.45) is 0 Å². The molecular formula is C21H26N6O. The molecule has 1 N–H and O–H groups in total. The number of likely N-dealkylation sites (N-methyl/N-ethyl adjacent to an activating group) is 1. The number of benzene rings is 1. The highest BCUT2D eigenvalue weighted by atomic mass is 16.2. The Bertz CT molecular complexity index is 1000. The molecule has 0 fully saturated rings. The second-order valence-corrected chi connectivity index (χ2v) is 7.58. The fourth-order valence-corrected chi connectivity index (χ4v) is 3.66. The van der Waals surface area contributed by atoms with Gasteiger partial charge in [0, 0.05) is 24.0 Å². The van der Waals surface area contributed by atoms with Crippen LogP contribution in [0.4, 0.5) is 5.69 Å². The second-order valence-electron chi connectivity index (χ2n) is 7.58. The Labute approximate surface area is 165 Å². The quantitative estimate of drug-likeness (QED) is 0.716. The number of amides is 1. The van der Waals surface area contributed by atoms with Crippen molar-refractivity contribution >= 4 is 11.6 Å². The predicted molar refractivity (Wildman–Crippen MR) is 109 cm³/mol. The Morgan fingerprint density at radius 1 is 1.25 bits per heavy atom. The molecule has 146 valence electrons. The molecule has 0 saturated carbocycles. The van der Waals surface area contributed by atoms with Crippen LogP contribution in [0.2, 0.25) is 0 Å². The lowest BCUT2D eigenvalue weighted by Crippen LogP contribution is -2.18. The molecule has 0 bridgehead atoms. The maximum Gasteiger partial charge on any atom is 0.276 e. The Hall–Kier alpha value is -2.93. The number of nitrogens with zero attached hydrogens (tertiary/aromatic N) is 5. The van der Waals surface area contributed by atoms with Crippen LogP contribution < -0.4 is 5.32 Å². The Balaban J connectivity index is 1.57. The van der Waals surface area contributed by atoms with E-state index in [1.54, 1.807) is 6.20 Å². The van der Waals surface area contributed by atoms with Crippen LogP contribution in [-0.4, -0.2) is 51.0 Å². The first kappa shape index (κ1) is 18.4. The number of para-hydroxylation sites is 1. The number of fused-ring (bicyclic) bond motifs is 1. The largest absolute Gasteiger partial charge is 0.318 e. The number of anilines is 1. The molecule has 7 nitrogen and oxygen atoms in total. The highest BCUT2D eigenvalue weighted by molar-refractivity contribution is 6.04.